The number of halogens is 1. The van der Waals surface area contributed by atoms with Crippen molar-refractivity contribution in [1.82, 2.24) is 14.5 Å². The van der Waals surface area contributed by atoms with Gasteiger partial charge in [0.05, 0.1) is 4.34 Å². The van der Waals surface area contributed by atoms with Crippen molar-refractivity contribution in [3.05, 3.63) is 52.4 Å². The Bertz CT molecular complexity index is 787. The van der Waals surface area contributed by atoms with E-state index in [0.717, 1.165) is 43.1 Å². The average molecular weight is 400 g/mol. The fourth-order valence-electron chi connectivity index (χ4n) is 2.97. The molecule has 0 amide bonds. The molecule has 136 valence electrons. The normalized spacial score (nSPS) is 18.3. The summed E-state index contributed by atoms with van der Waals surface area (Å²) in [7, 11) is -1.44. The van der Waals surface area contributed by atoms with Gasteiger partial charge < -0.3 is 4.90 Å². The van der Waals surface area contributed by atoms with Crippen LogP contribution in [-0.2, 0) is 10.0 Å². The molecular weight excluding hydrogens is 378 g/mol. The minimum absolute atomic E-state index is 0.0140. The topological polar surface area (TPSA) is 52.6 Å². The molecule has 1 aliphatic heterocycles. The molecule has 0 saturated carbocycles. The molecule has 0 aliphatic carbocycles. The van der Waals surface area contributed by atoms with Gasteiger partial charge in [-0.05, 0) is 24.7 Å². The number of rotatable bonds is 6. The second kappa shape index (κ2) is 8.16. The predicted molar refractivity (Wildman–Crippen MR) is 103 cm³/mol. The van der Waals surface area contributed by atoms with Crippen LogP contribution >= 0.6 is 22.9 Å². The molecule has 0 radical (unpaired) electrons. The third-order valence-corrected chi connectivity index (χ3v) is 7.59. The lowest BCUT2D eigenvalue weighted by molar-refractivity contribution is 0.113. The number of thiophene rings is 1. The molecule has 1 fully saturated rings. The highest BCUT2D eigenvalue weighted by atomic mass is 35.5. The summed E-state index contributed by atoms with van der Waals surface area (Å²) in [5.41, 5.74) is 1.12. The molecule has 1 aromatic heterocycles. The zero-order chi connectivity index (χ0) is 17.9. The Balaban J connectivity index is 1.76. The number of hydrogen-bond donors (Lipinski definition) is 1. The molecule has 0 spiro atoms. The van der Waals surface area contributed by atoms with Crippen LogP contribution in [0, 0.1) is 0 Å². The lowest BCUT2D eigenvalue weighted by atomic mass is 10.0. The number of benzene rings is 1. The second-order valence-corrected chi connectivity index (χ2v) is 9.89. The Morgan fingerprint density at radius 3 is 2.40 bits per heavy atom. The van der Waals surface area contributed by atoms with Gasteiger partial charge in [0, 0.05) is 38.8 Å². The van der Waals surface area contributed by atoms with E-state index in [1.165, 1.54) is 0 Å². The van der Waals surface area contributed by atoms with Crippen molar-refractivity contribution in [2.75, 3.05) is 39.8 Å². The van der Waals surface area contributed by atoms with E-state index >= 15 is 0 Å². The van der Waals surface area contributed by atoms with Gasteiger partial charge in [-0.1, -0.05) is 41.9 Å². The third kappa shape index (κ3) is 4.81. The van der Waals surface area contributed by atoms with Crippen molar-refractivity contribution in [3.63, 3.8) is 0 Å². The van der Waals surface area contributed by atoms with Gasteiger partial charge in [-0.3, -0.25) is 4.90 Å². The number of nitrogens with one attached hydrogen (secondary N) is 1. The highest BCUT2D eigenvalue weighted by molar-refractivity contribution is 7.91. The molecule has 25 heavy (non-hydrogen) atoms. The summed E-state index contributed by atoms with van der Waals surface area (Å²) in [6, 6.07) is 13.2. The highest BCUT2D eigenvalue weighted by Crippen LogP contribution is 2.26. The molecule has 8 heteroatoms. The van der Waals surface area contributed by atoms with Gasteiger partial charge in [0.1, 0.15) is 4.21 Å². The van der Waals surface area contributed by atoms with Gasteiger partial charge in [-0.25, -0.2) is 13.1 Å². The number of piperazine rings is 1. The van der Waals surface area contributed by atoms with Gasteiger partial charge >= 0.3 is 0 Å². The molecule has 2 aromatic rings. The first-order valence-corrected chi connectivity index (χ1v) is 10.9. The number of likely N-dealkylation sites (N-methyl/N-ethyl adjacent to an activating group) is 1. The van der Waals surface area contributed by atoms with Crippen LogP contribution in [-0.4, -0.2) is 58.0 Å². The van der Waals surface area contributed by atoms with E-state index in [-0.39, 0.29) is 10.3 Å². The summed E-state index contributed by atoms with van der Waals surface area (Å²) in [4.78, 5) is 4.63. The van der Waals surface area contributed by atoms with Crippen LogP contribution in [0.5, 0.6) is 0 Å². The van der Waals surface area contributed by atoms with Crippen molar-refractivity contribution in [1.29, 1.82) is 0 Å². The number of sulfonamides is 1. The van der Waals surface area contributed by atoms with Gasteiger partial charge in [0.2, 0.25) is 10.0 Å². The lowest BCUT2D eigenvalue weighted by Crippen LogP contribution is -2.48. The van der Waals surface area contributed by atoms with Crippen LogP contribution in [0.1, 0.15) is 11.6 Å². The monoisotopic (exact) mass is 399 g/mol. The summed E-state index contributed by atoms with van der Waals surface area (Å²) in [6.07, 6.45) is 0. The fraction of sp³-hybridized carbons (Fsp3) is 0.412. The van der Waals surface area contributed by atoms with Crippen LogP contribution < -0.4 is 4.72 Å². The van der Waals surface area contributed by atoms with E-state index < -0.39 is 10.0 Å². The fourth-order valence-corrected chi connectivity index (χ4v) is 5.53. The summed E-state index contributed by atoms with van der Waals surface area (Å²) in [5.74, 6) is 0. The third-order valence-electron chi connectivity index (χ3n) is 4.44. The van der Waals surface area contributed by atoms with Crippen LogP contribution in [0.15, 0.2) is 46.7 Å². The van der Waals surface area contributed by atoms with Crippen molar-refractivity contribution >= 4 is 33.0 Å². The standard InChI is InChI=1S/C17H22ClN3O2S2/c1-20-9-11-21(12-10-20)15(14-5-3-2-4-6-14)13-19-25(22,23)17-8-7-16(18)24-17/h2-8,15,19H,9-13H2,1H3. The van der Waals surface area contributed by atoms with Crippen molar-refractivity contribution < 1.29 is 8.42 Å². The Kier molecular flexibility index (Phi) is 6.14. The first-order chi connectivity index (χ1) is 12.0. The van der Waals surface area contributed by atoms with Gasteiger partial charge in [-0.15, -0.1) is 11.3 Å². The average Bonchev–Trinajstić information content (AvgIpc) is 3.05. The van der Waals surface area contributed by atoms with Gasteiger partial charge in [0.15, 0.2) is 0 Å². The smallest absolute Gasteiger partial charge is 0.250 e. The zero-order valence-corrected chi connectivity index (χ0v) is 16.4. The molecule has 3 rings (SSSR count). The van der Waals surface area contributed by atoms with E-state index in [9.17, 15) is 8.42 Å². The Morgan fingerprint density at radius 1 is 1.12 bits per heavy atom. The van der Waals surface area contributed by atoms with Gasteiger partial charge in [0.25, 0.3) is 0 Å². The zero-order valence-electron chi connectivity index (χ0n) is 14.1. The van der Waals surface area contributed by atoms with E-state index in [0.29, 0.717) is 10.9 Å². The maximum atomic E-state index is 12.5. The quantitative estimate of drug-likeness (QED) is 0.811. The molecule has 1 atom stereocenters. The largest absolute Gasteiger partial charge is 0.304 e. The first-order valence-electron chi connectivity index (χ1n) is 8.18. The molecular formula is C17H22ClN3O2S2. The molecule has 1 N–H and O–H groups in total. The van der Waals surface area contributed by atoms with Crippen molar-refractivity contribution in [2.45, 2.75) is 10.3 Å². The molecule has 1 saturated heterocycles. The minimum Gasteiger partial charge on any atom is -0.304 e. The molecule has 1 aromatic carbocycles. The summed E-state index contributed by atoms with van der Waals surface area (Å²) >= 11 is 6.95. The first kappa shape index (κ1) is 18.8. The summed E-state index contributed by atoms with van der Waals surface area (Å²) in [5, 5.41) is 0. The molecule has 0 bridgehead atoms. The number of hydrogen-bond acceptors (Lipinski definition) is 5. The van der Waals surface area contributed by atoms with Crippen LogP contribution in [0.25, 0.3) is 0 Å². The summed E-state index contributed by atoms with van der Waals surface area (Å²) in [6.45, 7) is 4.14. The van der Waals surface area contributed by atoms with E-state index in [1.54, 1.807) is 12.1 Å². The molecule has 2 heterocycles. The molecule has 1 aliphatic rings. The van der Waals surface area contributed by atoms with E-state index in [2.05, 4.69) is 33.7 Å². The maximum absolute atomic E-state index is 12.5. The van der Waals surface area contributed by atoms with Crippen LogP contribution in [0.2, 0.25) is 4.34 Å². The lowest BCUT2D eigenvalue weighted by Gasteiger charge is -2.38. The van der Waals surface area contributed by atoms with E-state index in [1.807, 2.05) is 18.2 Å². The van der Waals surface area contributed by atoms with Crippen LogP contribution in [0.4, 0.5) is 0 Å². The Labute approximate surface area is 158 Å². The maximum Gasteiger partial charge on any atom is 0.250 e. The minimum atomic E-state index is -3.54. The van der Waals surface area contributed by atoms with Gasteiger partial charge in [-0.2, -0.15) is 0 Å². The van der Waals surface area contributed by atoms with E-state index in [4.69, 9.17) is 11.6 Å². The van der Waals surface area contributed by atoms with Crippen LogP contribution in [0.3, 0.4) is 0 Å². The summed E-state index contributed by atoms with van der Waals surface area (Å²) < 4.78 is 28.5. The SMILES string of the molecule is CN1CCN(C(CNS(=O)(=O)c2ccc(Cl)s2)c2ccccc2)CC1. The molecule has 5 nitrogen and oxygen atoms in total. The number of nitrogens with zero attached hydrogens (tertiary/aromatic N) is 2. The molecule has 1 unspecified atom stereocenters. The van der Waals surface area contributed by atoms with Crippen molar-refractivity contribution in [2.24, 2.45) is 0 Å². The predicted octanol–water partition coefficient (Wildman–Crippen LogP) is 2.67. The second-order valence-electron chi connectivity index (χ2n) is 6.18. The van der Waals surface area contributed by atoms with Crippen molar-refractivity contribution in [3.8, 4) is 0 Å². The highest BCUT2D eigenvalue weighted by Gasteiger charge is 2.26. The Morgan fingerprint density at radius 2 is 1.80 bits per heavy atom. The Hall–Kier alpha value is -0.960.